The number of carboxylic acid groups (broad SMARTS) is 1. The average Bonchev–Trinajstić information content (AvgIpc) is 2.35. The molecule has 1 rings (SSSR count). The lowest BCUT2D eigenvalue weighted by atomic mass is 10.1. The van der Waals surface area contributed by atoms with E-state index in [4.69, 9.17) is 9.84 Å². The van der Waals surface area contributed by atoms with Crippen molar-refractivity contribution in [2.75, 3.05) is 6.61 Å². The second kappa shape index (κ2) is 8.34. The first-order valence-corrected chi connectivity index (χ1v) is 6.31. The summed E-state index contributed by atoms with van der Waals surface area (Å²) in [4.78, 5) is 10.3. The van der Waals surface area contributed by atoms with E-state index in [0.29, 0.717) is 13.0 Å². The number of hydrogen-bond donors (Lipinski definition) is 1. The van der Waals surface area contributed by atoms with Gasteiger partial charge in [0.25, 0.3) is 0 Å². The molecular weight excluding hydrogens is 228 g/mol. The molecule has 0 aliphatic heterocycles. The summed E-state index contributed by atoms with van der Waals surface area (Å²) in [6.45, 7) is 2.65. The first-order chi connectivity index (χ1) is 8.74. The molecule has 3 nitrogen and oxygen atoms in total. The molecule has 0 aromatic heterocycles. The number of hydrogen-bond acceptors (Lipinski definition) is 2. The van der Waals surface area contributed by atoms with Gasteiger partial charge in [-0.15, -0.1) is 0 Å². The normalized spacial score (nSPS) is 10.7. The van der Waals surface area contributed by atoms with Gasteiger partial charge < -0.3 is 9.84 Å². The molecule has 0 unspecified atom stereocenters. The zero-order chi connectivity index (χ0) is 13.2. The molecule has 0 heterocycles. The van der Waals surface area contributed by atoms with Gasteiger partial charge >= 0.3 is 5.97 Å². The third-order valence-electron chi connectivity index (χ3n) is 2.54. The third kappa shape index (κ3) is 5.53. The minimum Gasteiger partial charge on any atom is -0.494 e. The fourth-order valence-corrected chi connectivity index (χ4v) is 1.69. The van der Waals surface area contributed by atoms with E-state index in [1.54, 1.807) is 0 Å². The Balaban J connectivity index is 2.36. The van der Waals surface area contributed by atoms with Crippen molar-refractivity contribution < 1.29 is 14.6 Å². The number of ether oxygens (including phenoxy) is 1. The predicted molar refractivity (Wildman–Crippen MR) is 71.9 cm³/mol. The van der Waals surface area contributed by atoms with Crippen LogP contribution in [-0.2, 0) is 11.2 Å². The monoisotopic (exact) mass is 248 g/mol. The molecule has 0 amide bonds. The van der Waals surface area contributed by atoms with Crippen LogP contribution in [-0.4, -0.2) is 17.7 Å². The van der Waals surface area contributed by atoms with Gasteiger partial charge in [0.15, 0.2) is 0 Å². The molecule has 98 valence electrons. The molecule has 0 saturated heterocycles. The topological polar surface area (TPSA) is 46.5 Å². The van der Waals surface area contributed by atoms with E-state index >= 15 is 0 Å². The first-order valence-electron chi connectivity index (χ1n) is 6.31. The van der Waals surface area contributed by atoms with Crippen LogP contribution in [0.25, 0.3) is 0 Å². The number of allylic oxidation sites excluding steroid dienone is 2. The van der Waals surface area contributed by atoms with Crippen LogP contribution in [0.5, 0.6) is 5.75 Å². The van der Waals surface area contributed by atoms with Crippen LogP contribution >= 0.6 is 0 Å². The summed E-state index contributed by atoms with van der Waals surface area (Å²) in [7, 11) is 0. The number of aryl methyl sites for hydroxylation is 1. The van der Waals surface area contributed by atoms with Crippen LogP contribution in [0.3, 0.4) is 0 Å². The fourth-order valence-electron chi connectivity index (χ4n) is 1.69. The molecule has 0 radical (unpaired) electrons. The fraction of sp³-hybridized carbons (Fsp3) is 0.400. The molecule has 1 aromatic carbocycles. The number of rotatable bonds is 8. The molecule has 0 saturated carbocycles. The summed E-state index contributed by atoms with van der Waals surface area (Å²) < 4.78 is 5.54. The molecule has 18 heavy (non-hydrogen) atoms. The smallest absolute Gasteiger partial charge is 0.303 e. The van der Waals surface area contributed by atoms with Gasteiger partial charge in [-0.2, -0.15) is 0 Å². The van der Waals surface area contributed by atoms with E-state index in [0.717, 1.165) is 18.6 Å². The Hall–Kier alpha value is -1.77. The van der Waals surface area contributed by atoms with Gasteiger partial charge in [-0.1, -0.05) is 30.4 Å². The van der Waals surface area contributed by atoms with Crippen molar-refractivity contribution in [3.63, 3.8) is 0 Å². The van der Waals surface area contributed by atoms with E-state index < -0.39 is 5.97 Å². The van der Waals surface area contributed by atoms with Crippen LogP contribution < -0.4 is 4.74 Å². The minimum atomic E-state index is -0.749. The lowest BCUT2D eigenvalue weighted by molar-refractivity contribution is -0.136. The molecule has 0 spiro atoms. The Bertz CT molecular complexity index is 396. The van der Waals surface area contributed by atoms with Crippen LogP contribution in [0.4, 0.5) is 0 Å². The van der Waals surface area contributed by atoms with Crippen molar-refractivity contribution >= 4 is 5.97 Å². The molecule has 0 fully saturated rings. The van der Waals surface area contributed by atoms with Crippen molar-refractivity contribution in [3.05, 3.63) is 42.0 Å². The van der Waals surface area contributed by atoms with Crippen molar-refractivity contribution in [1.29, 1.82) is 0 Å². The molecule has 1 N–H and O–H groups in total. The Morgan fingerprint density at radius 2 is 2.00 bits per heavy atom. The summed E-state index contributed by atoms with van der Waals surface area (Å²) in [5.41, 5.74) is 1.20. The number of benzene rings is 1. The van der Waals surface area contributed by atoms with Crippen molar-refractivity contribution in [1.82, 2.24) is 0 Å². The Morgan fingerprint density at radius 1 is 1.28 bits per heavy atom. The molecule has 3 heteroatoms. The largest absolute Gasteiger partial charge is 0.494 e. The van der Waals surface area contributed by atoms with E-state index in [1.165, 1.54) is 5.56 Å². The summed E-state index contributed by atoms with van der Waals surface area (Å²) >= 11 is 0. The Morgan fingerprint density at radius 3 is 2.72 bits per heavy atom. The molecule has 1 aromatic rings. The highest BCUT2D eigenvalue weighted by molar-refractivity contribution is 5.66. The summed E-state index contributed by atoms with van der Waals surface area (Å²) in [6, 6.07) is 8.02. The number of carboxylic acids is 1. The maximum absolute atomic E-state index is 10.3. The van der Waals surface area contributed by atoms with E-state index in [9.17, 15) is 4.79 Å². The van der Waals surface area contributed by atoms with E-state index in [1.807, 2.05) is 37.3 Å². The zero-order valence-corrected chi connectivity index (χ0v) is 10.8. The summed E-state index contributed by atoms with van der Waals surface area (Å²) in [5, 5.41) is 8.49. The van der Waals surface area contributed by atoms with Crippen molar-refractivity contribution in [2.45, 2.75) is 32.6 Å². The van der Waals surface area contributed by atoms with Gasteiger partial charge in [-0.25, -0.2) is 0 Å². The highest BCUT2D eigenvalue weighted by Gasteiger charge is 2.00. The predicted octanol–water partition coefficient (Wildman–Crippen LogP) is 3.44. The lowest BCUT2D eigenvalue weighted by Gasteiger charge is -2.08. The molecule has 0 bridgehead atoms. The zero-order valence-electron chi connectivity index (χ0n) is 10.8. The minimum absolute atomic E-state index is 0.200. The van der Waals surface area contributed by atoms with E-state index in [-0.39, 0.29) is 6.42 Å². The number of aliphatic carboxylic acids is 1. The lowest BCUT2D eigenvalue weighted by Crippen LogP contribution is -1.96. The summed E-state index contributed by atoms with van der Waals surface area (Å²) in [6.07, 6.45) is 6.58. The third-order valence-corrected chi connectivity index (χ3v) is 2.54. The standard InChI is InChI=1S/C15H20O3/c1-2-18-14-11-8-7-10-13(14)9-5-3-4-6-12-15(16)17/h3-4,7-8,10-11H,2,5-6,9,12H2,1H3,(H,16,17)/b4-3+. The van der Waals surface area contributed by atoms with E-state index in [2.05, 4.69) is 6.07 Å². The van der Waals surface area contributed by atoms with Crippen LogP contribution in [0.2, 0.25) is 0 Å². The van der Waals surface area contributed by atoms with Gasteiger partial charge in [-0.05, 0) is 37.8 Å². The number of carbonyl (C=O) groups is 1. The highest BCUT2D eigenvalue weighted by atomic mass is 16.5. The summed E-state index contributed by atoms with van der Waals surface area (Å²) in [5.74, 6) is 0.195. The maximum atomic E-state index is 10.3. The number of para-hydroxylation sites is 1. The second-order valence-electron chi connectivity index (χ2n) is 3.98. The van der Waals surface area contributed by atoms with Crippen molar-refractivity contribution in [3.8, 4) is 5.75 Å². The Labute approximate surface area is 108 Å². The SMILES string of the molecule is CCOc1ccccc1CC/C=C/CCC(=O)O. The molecular formula is C15H20O3. The molecule has 0 aliphatic carbocycles. The second-order valence-corrected chi connectivity index (χ2v) is 3.98. The van der Waals surface area contributed by atoms with Crippen molar-refractivity contribution in [2.24, 2.45) is 0 Å². The maximum Gasteiger partial charge on any atom is 0.303 e. The Kier molecular flexibility index (Phi) is 6.62. The van der Waals surface area contributed by atoms with Crippen LogP contribution in [0, 0.1) is 0 Å². The van der Waals surface area contributed by atoms with Crippen LogP contribution in [0.15, 0.2) is 36.4 Å². The van der Waals surface area contributed by atoms with Gasteiger partial charge in [-0.3, -0.25) is 4.79 Å². The van der Waals surface area contributed by atoms with Gasteiger partial charge in [0.1, 0.15) is 5.75 Å². The van der Waals surface area contributed by atoms with Gasteiger partial charge in [0.05, 0.1) is 6.61 Å². The average molecular weight is 248 g/mol. The van der Waals surface area contributed by atoms with Gasteiger partial charge in [0, 0.05) is 6.42 Å². The quantitative estimate of drug-likeness (QED) is 0.717. The molecule has 0 aliphatic rings. The first kappa shape index (κ1) is 14.3. The molecule has 0 atom stereocenters. The van der Waals surface area contributed by atoms with Crippen LogP contribution in [0.1, 0.15) is 31.7 Å². The van der Waals surface area contributed by atoms with Gasteiger partial charge in [0.2, 0.25) is 0 Å². The highest BCUT2D eigenvalue weighted by Crippen LogP contribution is 2.19.